The number of hydrogen-bond acceptors (Lipinski definition) is 3. The first-order valence-electron chi connectivity index (χ1n) is 8.63. The van der Waals surface area contributed by atoms with Crippen LogP contribution in [0.25, 0.3) is 0 Å². The van der Waals surface area contributed by atoms with Crippen LogP contribution in [0.15, 0.2) is 24.3 Å². The molecule has 4 rings (SSSR count). The Bertz CT molecular complexity index is 633. The number of nitrogens with zero attached hydrogens (tertiary/aromatic N) is 2. The highest BCUT2D eigenvalue weighted by Gasteiger charge is 2.43. The minimum Gasteiger partial charge on any atom is -0.336 e. The summed E-state index contributed by atoms with van der Waals surface area (Å²) >= 11 is -2.09. The van der Waals surface area contributed by atoms with E-state index in [1.807, 2.05) is 4.90 Å². The van der Waals surface area contributed by atoms with Gasteiger partial charge in [0.25, 0.3) is 17.2 Å². The molecule has 2 saturated heterocycles. The molecule has 7 heteroatoms. The summed E-state index contributed by atoms with van der Waals surface area (Å²) in [4.78, 5) is 17.4. The number of hydrogen-bond donors (Lipinski definition) is 2. The molecule has 2 bridgehead atoms. The molecule has 3 fully saturated rings. The number of likely N-dealkylation sites (tertiary alicyclic amines) is 1. The lowest BCUT2D eigenvalue weighted by Gasteiger charge is -2.41. The highest BCUT2D eigenvalue weighted by molar-refractivity contribution is 7.80. The van der Waals surface area contributed by atoms with Crippen LogP contribution in [0.5, 0.6) is 0 Å². The van der Waals surface area contributed by atoms with Gasteiger partial charge in [-0.25, -0.2) is 4.21 Å². The predicted octanol–water partition coefficient (Wildman–Crippen LogP) is 1.93. The number of amides is 1. The van der Waals surface area contributed by atoms with E-state index in [2.05, 4.69) is 9.62 Å². The summed E-state index contributed by atoms with van der Waals surface area (Å²) in [7, 11) is 0. The zero-order chi connectivity index (χ0) is 16.7. The van der Waals surface area contributed by atoms with E-state index in [-0.39, 0.29) is 5.91 Å². The van der Waals surface area contributed by atoms with E-state index >= 15 is 0 Å². The normalized spacial score (nSPS) is 28.0. The maximum Gasteiger partial charge on any atom is 0.259 e. The molecule has 3 atom stereocenters. The van der Waals surface area contributed by atoms with E-state index in [1.165, 1.54) is 32.2 Å². The Balaban J connectivity index is 1.41. The van der Waals surface area contributed by atoms with Crippen LogP contribution in [0.4, 0.5) is 5.69 Å². The molecule has 0 radical (unpaired) electrons. The third-order valence-corrected chi connectivity index (χ3v) is 5.83. The van der Waals surface area contributed by atoms with Gasteiger partial charge in [-0.1, -0.05) is 0 Å². The summed E-state index contributed by atoms with van der Waals surface area (Å²) in [5, 5.41) is 0. The van der Waals surface area contributed by atoms with Gasteiger partial charge in [0.15, 0.2) is 0 Å². The fraction of sp³-hybridized carbons (Fsp3) is 0.588. The first-order chi connectivity index (χ1) is 11.6. The summed E-state index contributed by atoms with van der Waals surface area (Å²) < 4.78 is 22.0. The van der Waals surface area contributed by atoms with Crippen LogP contribution in [0.1, 0.15) is 36.0 Å². The molecular weight excluding hydrogens is 326 g/mol. The third-order valence-electron chi connectivity index (χ3n) is 5.42. The Kier molecular flexibility index (Phi) is 4.32. The highest BCUT2D eigenvalue weighted by atomic mass is 32.2. The van der Waals surface area contributed by atoms with E-state index in [1.54, 1.807) is 24.3 Å². The molecule has 130 valence electrons. The van der Waals surface area contributed by atoms with Gasteiger partial charge in [-0.3, -0.25) is 19.0 Å². The van der Waals surface area contributed by atoms with Gasteiger partial charge in [0, 0.05) is 43.0 Å². The molecular formula is C17H23N3O3S. The van der Waals surface area contributed by atoms with Crippen LogP contribution in [0.2, 0.25) is 0 Å². The average Bonchev–Trinajstić information content (AvgIpc) is 3.33. The fourth-order valence-corrected chi connectivity index (χ4v) is 4.35. The molecule has 0 spiro atoms. The van der Waals surface area contributed by atoms with Crippen LogP contribution in [0.3, 0.4) is 0 Å². The van der Waals surface area contributed by atoms with Gasteiger partial charge >= 0.3 is 0 Å². The monoisotopic (exact) mass is 349 g/mol. The maximum absolute atomic E-state index is 12.8. The number of nitrogens with one attached hydrogen (secondary N) is 1. The minimum absolute atomic E-state index is 0.0645. The largest absolute Gasteiger partial charge is 0.336 e. The zero-order valence-electron chi connectivity index (χ0n) is 13.6. The molecule has 1 amide bonds. The van der Waals surface area contributed by atoms with Crippen molar-refractivity contribution in [1.82, 2.24) is 9.80 Å². The van der Waals surface area contributed by atoms with Crippen LogP contribution in [0, 0.1) is 5.92 Å². The van der Waals surface area contributed by atoms with Gasteiger partial charge in [0.05, 0.1) is 0 Å². The number of carbonyl (C=O) groups is 1. The fourth-order valence-electron chi connectivity index (χ4n) is 4.02. The van der Waals surface area contributed by atoms with Crippen molar-refractivity contribution >= 4 is 22.9 Å². The lowest BCUT2D eigenvalue weighted by Crippen LogP contribution is -2.55. The summed E-state index contributed by atoms with van der Waals surface area (Å²) in [6, 6.07) is 7.81. The Labute approximate surface area is 144 Å². The SMILES string of the molecule is O=C(c1ccc(NS(=O)O)cc1)N1CC2CCC(C1)N2CC1CC1. The van der Waals surface area contributed by atoms with Gasteiger partial charge < -0.3 is 4.90 Å². The smallest absolute Gasteiger partial charge is 0.259 e. The van der Waals surface area contributed by atoms with Crippen molar-refractivity contribution in [1.29, 1.82) is 0 Å². The van der Waals surface area contributed by atoms with Crippen LogP contribution in [-0.4, -0.2) is 56.2 Å². The van der Waals surface area contributed by atoms with Crippen molar-refractivity contribution < 1.29 is 13.6 Å². The number of fused-ring (bicyclic) bond motifs is 2. The van der Waals surface area contributed by atoms with Crippen LogP contribution in [-0.2, 0) is 11.3 Å². The lowest BCUT2D eigenvalue weighted by atomic mass is 10.1. The Morgan fingerprint density at radius 2 is 1.75 bits per heavy atom. The second-order valence-electron chi connectivity index (χ2n) is 7.16. The summed E-state index contributed by atoms with van der Waals surface area (Å²) in [5.41, 5.74) is 1.17. The molecule has 2 heterocycles. The second-order valence-corrected chi connectivity index (χ2v) is 7.87. The van der Waals surface area contributed by atoms with E-state index in [0.717, 1.165) is 19.0 Å². The van der Waals surface area contributed by atoms with Crippen LogP contribution >= 0.6 is 0 Å². The minimum atomic E-state index is -2.09. The molecule has 24 heavy (non-hydrogen) atoms. The van der Waals surface area contributed by atoms with Crippen molar-refractivity contribution in [2.75, 3.05) is 24.4 Å². The number of piperazine rings is 1. The first-order valence-corrected chi connectivity index (χ1v) is 9.73. The van der Waals surface area contributed by atoms with Crippen molar-refractivity contribution in [2.45, 2.75) is 37.8 Å². The molecule has 1 aromatic carbocycles. The summed E-state index contributed by atoms with van der Waals surface area (Å²) in [6.45, 7) is 2.86. The Hall–Kier alpha value is -1.44. The summed E-state index contributed by atoms with van der Waals surface area (Å²) in [5.74, 6) is 0.960. The van der Waals surface area contributed by atoms with Gasteiger partial charge in [-0.05, 0) is 55.9 Å². The average molecular weight is 349 g/mol. The number of anilines is 1. The van der Waals surface area contributed by atoms with Gasteiger partial charge in [-0.2, -0.15) is 0 Å². The molecule has 0 aromatic heterocycles. The Morgan fingerprint density at radius 3 is 2.29 bits per heavy atom. The molecule has 2 aliphatic heterocycles. The lowest BCUT2D eigenvalue weighted by molar-refractivity contribution is 0.0435. The summed E-state index contributed by atoms with van der Waals surface area (Å²) in [6.07, 6.45) is 5.15. The molecule has 3 unspecified atom stereocenters. The zero-order valence-corrected chi connectivity index (χ0v) is 14.4. The molecule has 6 nitrogen and oxygen atoms in total. The van der Waals surface area contributed by atoms with Crippen molar-refractivity contribution in [2.24, 2.45) is 5.92 Å². The van der Waals surface area contributed by atoms with Gasteiger partial charge in [0.1, 0.15) is 0 Å². The number of carbonyl (C=O) groups excluding carboxylic acids is 1. The van der Waals surface area contributed by atoms with Gasteiger partial charge in [0.2, 0.25) is 0 Å². The molecule has 1 aromatic rings. The van der Waals surface area contributed by atoms with Crippen molar-refractivity contribution in [3.8, 4) is 0 Å². The van der Waals surface area contributed by atoms with Gasteiger partial charge in [-0.15, -0.1) is 0 Å². The van der Waals surface area contributed by atoms with E-state index < -0.39 is 11.3 Å². The molecule has 3 aliphatic rings. The topological polar surface area (TPSA) is 72.9 Å². The Morgan fingerprint density at radius 1 is 1.12 bits per heavy atom. The number of rotatable bonds is 5. The van der Waals surface area contributed by atoms with E-state index in [9.17, 15) is 9.00 Å². The second kappa shape index (κ2) is 6.46. The molecule has 1 saturated carbocycles. The van der Waals surface area contributed by atoms with Crippen LogP contribution < -0.4 is 4.72 Å². The maximum atomic E-state index is 12.8. The van der Waals surface area contributed by atoms with E-state index in [4.69, 9.17) is 4.55 Å². The predicted molar refractivity (Wildman–Crippen MR) is 93.0 cm³/mol. The first kappa shape index (κ1) is 16.1. The molecule has 2 N–H and O–H groups in total. The molecule has 1 aliphatic carbocycles. The quantitative estimate of drug-likeness (QED) is 0.797. The van der Waals surface area contributed by atoms with Crippen molar-refractivity contribution in [3.05, 3.63) is 29.8 Å². The highest BCUT2D eigenvalue weighted by Crippen LogP contribution is 2.37. The van der Waals surface area contributed by atoms with Crippen molar-refractivity contribution in [3.63, 3.8) is 0 Å². The third kappa shape index (κ3) is 3.34. The number of benzene rings is 1. The standard InChI is InChI=1S/C17H23N3O3S/c21-17(13-3-5-14(6-4-13)18-24(22)23)19-10-15-7-8-16(11-19)20(15)9-12-1-2-12/h3-6,12,15-16,18H,1-2,7-11H2,(H,22,23). The van der Waals surface area contributed by atoms with E-state index in [0.29, 0.717) is 23.3 Å².